The number of fused-ring (bicyclic) bond motifs is 1. The average Bonchev–Trinajstić information content (AvgIpc) is 3.33. The van der Waals surface area contributed by atoms with Crippen molar-refractivity contribution in [2.45, 2.75) is 52.3 Å². The highest BCUT2D eigenvalue weighted by Crippen LogP contribution is 2.34. The SMILES string of the molecule is Cc1ccccc1CNC(=O)c1cncc(N2CCC3CN(C(=O)OC(C)(C)C)CC32)n1. The molecule has 2 aliphatic heterocycles. The molecule has 2 saturated heterocycles. The van der Waals surface area contributed by atoms with Gasteiger partial charge in [-0.2, -0.15) is 0 Å². The van der Waals surface area contributed by atoms with E-state index in [0.717, 1.165) is 24.1 Å². The smallest absolute Gasteiger partial charge is 0.410 e. The normalized spacial score (nSPS) is 20.2. The Morgan fingerprint density at radius 2 is 1.97 bits per heavy atom. The van der Waals surface area contributed by atoms with Crippen molar-refractivity contribution in [3.05, 3.63) is 53.5 Å². The number of aromatic nitrogens is 2. The maximum Gasteiger partial charge on any atom is 0.410 e. The Kier molecular flexibility index (Phi) is 6.04. The van der Waals surface area contributed by atoms with E-state index in [9.17, 15) is 9.59 Å². The van der Waals surface area contributed by atoms with Gasteiger partial charge in [0.05, 0.1) is 18.4 Å². The molecule has 2 amide bonds. The van der Waals surface area contributed by atoms with E-state index in [-0.39, 0.29) is 18.0 Å². The maximum atomic E-state index is 12.7. The second-order valence-corrected chi connectivity index (χ2v) is 9.57. The predicted molar refractivity (Wildman–Crippen MR) is 121 cm³/mol. The highest BCUT2D eigenvalue weighted by Gasteiger charge is 2.44. The zero-order valence-corrected chi connectivity index (χ0v) is 19.2. The second kappa shape index (κ2) is 8.76. The topological polar surface area (TPSA) is 87.7 Å². The molecule has 8 nitrogen and oxygen atoms in total. The molecule has 0 aliphatic carbocycles. The van der Waals surface area contributed by atoms with Crippen molar-refractivity contribution in [2.24, 2.45) is 5.92 Å². The number of likely N-dealkylation sites (tertiary alicyclic amines) is 1. The molecule has 2 unspecified atom stereocenters. The van der Waals surface area contributed by atoms with Crippen LogP contribution in [-0.2, 0) is 11.3 Å². The molecule has 0 saturated carbocycles. The van der Waals surface area contributed by atoms with Gasteiger partial charge in [0.15, 0.2) is 0 Å². The van der Waals surface area contributed by atoms with Gasteiger partial charge in [0.1, 0.15) is 17.1 Å². The van der Waals surface area contributed by atoms with Gasteiger partial charge in [0.25, 0.3) is 5.91 Å². The first-order valence-electron chi connectivity index (χ1n) is 11.1. The van der Waals surface area contributed by atoms with Crippen LogP contribution < -0.4 is 10.2 Å². The van der Waals surface area contributed by atoms with Crippen LogP contribution >= 0.6 is 0 Å². The maximum absolute atomic E-state index is 12.7. The van der Waals surface area contributed by atoms with Crippen LogP contribution in [0.3, 0.4) is 0 Å². The van der Waals surface area contributed by atoms with E-state index < -0.39 is 5.60 Å². The molecule has 0 spiro atoms. The molecular formula is C24H31N5O3. The lowest BCUT2D eigenvalue weighted by Crippen LogP contribution is -2.40. The van der Waals surface area contributed by atoms with Gasteiger partial charge >= 0.3 is 6.09 Å². The number of benzene rings is 1. The summed E-state index contributed by atoms with van der Waals surface area (Å²) in [6, 6.07) is 8.11. The van der Waals surface area contributed by atoms with E-state index in [1.54, 1.807) is 11.1 Å². The number of hydrogen-bond acceptors (Lipinski definition) is 6. The Hall–Kier alpha value is -3.16. The van der Waals surface area contributed by atoms with E-state index in [1.165, 1.54) is 6.20 Å². The van der Waals surface area contributed by atoms with Crippen LogP contribution in [0.25, 0.3) is 0 Å². The third-order valence-electron chi connectivity index (χ3n) is 6.05. The van der Waals surface area contributed by atoms with Gasteiger partial charge in [-0.1, -0.05) is 24.3 Å². The molecule has 1 N–H and O–H groups in total. The third kappa shape index (κ3) is 4.84. The number of aryl methyl sites for hydroxylation is 1. The third-order valence-corrected chi connectivity index (χ3v) is 6.05. The zero-order valence-electron chi connectivity index (χ0n) is 19.2. The molecule has 2 fully saturated rings. The molecule has 0 bridgehead atoms. The number of nitrogens with one attached hydrogen (secondary N) is 1. The number of carbonyl (C=O) groups is 2. The highest BCUT2D eigenvalue weighted by atomic mass is 16.6. The summed E-state index contributed by atoms with van der Waals surface area (Å²) in [4.78, 5) is 38.0. The van der Waals surface area contributed by atoms with Gasteiger partial charge in [0.2, 0.25) is 0 Å². The lowest BCUT2D eigenvalue weighted by molar-refractivity contribution is 0.0284. The average molecular weight is 438 g/mol. The van der Waals surface area contributed by atoms with Gasteiger partial charge < -0.3 is 19.9 Å². The highest BCUT2D eigenvalue weighted by molar-refractivity contribution is 5.92. The number of anilines is 1. The summed E-state index contributed by atoms with van der Waals surface area (Å²) in [5.74, 6) is 0.787. The van der Waals surface area contributed by atoms with Crippen molar-refractivity contribution in [1.29, 1.82) is 0 Å². The van der Waals surface area contributed by atoms with Gasteiger partial charge in [0, 0.05) is 32.1 Å². The molecule has 1 aromatic heterocycles. The molecule has 2 aliphatic rings. The molecule has 8 heteroatoms. The van der Waals surface area contributed by atoms with Crippen LogP contribution in [0.5, 0.6) is 0 Å². The Balaban J connectivity index is 1.41. The Morgan fingerprint density at radius 3 is 2.72 bits per heavy atom. The van der Waals surface area contributed by atoms with Crippen molar-refractivity contribution in [3.8, 4) is 0 Å². The van der Waals surface area contributed by atoms with Gasteiger partial charge in [-0.15, -0.1) is 0 Å². The molecule has 2 aromatic rings. The van der Waals surface area contributed by atoms with Crippen LogP contribution in [0, 0.1) is 12.8 Å². The van der Waals surface area contributed by atoms with Crippen LogP contribution in [-0.4, -0.2) is 58.1 Å². The largest absolute Gasteiger partial charge is 0.444 e. The standard InChI is InChI=1S/C24H31N5O3/c1-16-7-5-6-8-17(16)11-26-22(30)19-12-25-13-21(27-19)29-10-9-18-14-28(15-20(18)29)23(31)32-24(2,3)4/h5-8,12-13,18,20H,9-11,14-15H2,1-4H3,(H,26,30). The summed E-state index contributed by atoms with van der Waals surface area (Å²) in [6.45, 7) is 10.2. The summed E-state index contributed by atoms with van der Waals surface area (Å²) in [5.41, 5.74) is 1.98. The fourth-order valence-electron chi connectivity index (χ4n) is 4.40. The molecule has 2 atom stereocenters. The summed E-state index contributed by atoms with van der Waals surface area (Å²) in [5, 5.41) is 2.93. The van der Waals surface area contributed by atoms with Crippen LogP contribution in [0.2, 0.25) is 0 Å². The van der Waals surface area contributed by atoms with E-state index >= 15 is 0 Å². The van der Waals surface area contributed by atoms with E-state index in [2.05, 4.69) is 20.2 Å². The van der Waals surface area contributed by atoms with E-state index in [4.69, 9.17) is 4.74 Å². The quantitative estimate of drug-likeness (QED) is 0.791. The molecule has 32 heavy (non-hydrogen) atoms. The number of carbonyl (C=O) groups excluding carboxylic acids is 2. The van der Waals surface area contributed by atoms with Crippen molar-refractivity contribution in [1.82, 2.24) is 20.2 Å². The summed E-state index contributed by atoms with van der Waals surface area (Å²) >= 11 is 0. The fourth-order valence-corrected chi connectivity index (χ4v) is 4.40. The van der Waals surface area contributed by atoms with Gasteiger partial charge in [-0.05, 0) is 45.2 Å². The minimum Gasteiger partial charge on any atom is -0.444 e. The fraction of sp³-hybridized carbons (Fsp3) is 0.500. The van der Waals surface area contributed by atoms with Gasteiger partial charge in [-0.25, -0.2) is 9.78 Å². The van der Waals surface area contributed by atoms with Crippen molar-refractivity contribution >= 4 is 17.8 Å². The summed E-state index contributed by atoms with van der Waals surface area (Å²) < 4.78 is 5.54. The minimum absolute atomic E-state index is 0.155. The number of amides is 2. The first-order valence-corrected chi connectivity index (χ1v) is 11.1. The monoisotopic (exact) mass is 437 g/mol. The molecule has 0 radical (unpaired) electrons. The molecule has 170 valence electrons. The van der Waals surface area contributed by atoms with Gasteiger partial charge in [-0.3, -0.25) is 9.78 Å². The summed E-state index contributed by atoms with van der Waals surface area (Å²) in [6.07, 6.45) is 3.87. The zero-order chi connectivity index (χ0) is 22.9. The Bertz CT molecular complexity index is 1000. The number of hydrogen-bond donors (Lipinski definition) is 1. The number of ether oxygens (including phenoxy) is 1. The molecule has 4 rings (SSSR count). The number of nitrogens with zero attached hydrogens (tertiary/aromatic N) is 4. The van der Waals surface area contributed by atoms with Crippen molar-refractivity contribution < 1.29 is 14.3 Å². The minimum atomic E-state index is -0.514. The predicted octanol–water partition coefficient (Wildman–Crippen LogP) is 3.16. The van der Waals surface area contributed by atoms with Crippen LogP contribution in [0.1, 0.15) is 48.8 Å². The Morgan fingerprint density at radius 1 is 1.19 bits per heavy atom. The van der Waals surface area contributed by atoms with E-state index in [1.807, 2.05) is 52.0 Å². The summed E-state index contributed by atoms with van der Waals surface area (Å²) in [7, 11) is 0. The van der Waals surface area contributed by atoms with E-state index in [0.29, 0.717) is 37.1 Å². The van der Waals surface area contributed by atoms with Crippen LogP contribution in [0.4, 0.5) is 10.6 Å². The van der Waals surface area contributed by atoms with Crippen LogP contribution in [0.15, 0.2) is 36.7 Å². The first-order chi connectivity index (χ1) is 15.2. The van der Waals surface area contributed by atoms with Crippen molar-refractivity contribution in [3.63, 3.8) is 0 Å². The lowest BCUT2D eigenvalue weighted by atomic mass is 10.1. The molecule has 3 heterocycles. The lowest BCUT2D eigenvalue weighted by Gasteiger charge is -2.27. The number of rotatable bonds is 4. The first kappa shape index (κ1) is 22.0. The van der Waals surface area contributed by atoms with Crippen molar-refractivity contribution in [2.75, 3.05) is 24.5 Å². The Labute approximate surface area is 189 Å². The second-order valence-electron chi connectivity index (χ2n) is 9.57. The molecule has 1 aromatic carbocycles. The molecular weight excluding hydrogens is 406 g/mol.